The summed E-state index contributed by atoms with van der Waals surface area (Å²) in [5.41, 5.74) is 1.54. The predicted octanol–water partition coefficient (Wildman–Crippen LogP) is 4.84. The van der Waals surface area contributed by atoms with E-state index in [0.29, 0.717) is 36.3 Å². The van der Waals surface area contributed by atoms with E-state index in [0.717, 1.165) is 24.2 Å². The highest BCUT2D eigenvalue weighted by Crippen LogP contribution is 2.30. The van der Waals surface area contributed by atoms with Gasteiger partial charge in [0.05, 0.1) is 20.8 Å². The lowest BCUT2D eigenvalue weighted by Crippen LogP contribution is -2.28. The first-order valence-corrected chi connectivity index (χ1v) is 9.51. The van der Waals surface area contributed by atoms with Crippen LogP contribution in [-0.2, 0) is 6.54 Å². The second-order valence-corrected chi connectivity index (χ2v) is 6.87. The maximum atomic E-state index is 12.3. The van der Waals surface area contributed by atoms with Crippen LogP contribution in [0, 0.1) is 5.92 Å². The van der Waals surface area contributed by atoms with Crippen LogP contribution in [0.15, 0.2) is 42.5 Å². The van der Waals surface area contributed by atoms with Gasteiger partial charge in [0.15, 0.2) is 11.5 Å². The molecule has 0 saturated heterocycles. The zero-order valence-electron chi connectivity index (χ0n) is 17.1. The molecule has 0 aliphatic heterocycles. The molecule has 0 spiro atoms. The van der Waals surface area contributed by atoms with Gasteiger partial charge in [-0.2, -0.15) is 0 Å². The van der Waals surface area contributed by atoms with Crippen LogP contribution in [0.3, 0.4) is 0 Å². The van der Waals surface area contributed by atoms with Gasteiger partial charge in [-0.3, -0.25) is 0 Å². The number of anilines is 1. The SMILES string of the molecule is COc1ccccc1CNC(=O)Nc1ccc(OC)c(OCCCC(C)C)c1. The molecule has 28 heavy (non-hydrogen) atoms. The summed E-state index contributed by atoms with van der Waals surface area (Å²) >= 11 is 0. The Morgan fingerprint density at radius 2 is 1.75 bits per heavy atom. The Bertz CT molecular complexity index is 762. The van der Waals surface area contributed by atoms with Crippen LogP contribution in [0.2, 0.25) is 0 Å². The molecule has 2 aromatic rings. The minimum atomic E-state index is -0.304. The lowest BCUT2D eigenvalue weighted by molar-refractivity contribution is 0.251. The minimum absolute atomic E-state index is 0.304. The fourth-order valence-corrected chi connectivity index (χ4v) is 2.74. The Labute approximate surface area is 167 Å². The lowest BCUT2D eigenvalue weighted by atomic mass is 10.1. The first kappa shape index (κ1) is 21.4. The lowest BCUT2D eigenvalue weighted by Gasteiger charge is -2.14. The number of nitrogens with one attached hydrogen (secondary N) is 2. The van der Waals surface area contributed by atoms with Crippen LogP contribution in [0.4, 0.5) is 10.5 Å². The summed E-state index contributed by atoms with van der Waals surface area (Å²) in [5, 5.41) is 5.66. The van der Waals surface area contributed by atoms with Crippen molar-refractivity contribution in [2.45, 2.75) is 33.2 Å². The number of carbonyl (C=O) groups is 1. The van der Waals surface area contributed by atoms with Crippen molar-refractivity contribution in [2.24, 2.45) is 5.92 Å². The molecule has 2 rings (SSSR count). The molecular weight excluding hydrogens is 356 g/mol. The van der Waals surface area contributed by atoms with E-state index in [-0.39, 0.29) is 6.03 Å². The van der Waals surface area contributed by atoms with Gasteiger partial charge in [0.1, 0.15) is 5.75 Å². The molecule has 0 atom stereocenters. The standard InChI is InChI=1S/C22H30N2O4/c1-16(2)8-7-13-28-21-14-18(11-12-20(21)27-4)24-22(25)23-15-17-9-5-6-10-19(17)26-3/h5-6,9-12,14,16H,7-8,13,15H2,1-4H3,(H2,23,24,25). The van der Waals surface area contributed by atoms with Gasteiger partial charge in [0.25, 0.3) is 0 Å². The Kier molecular flexibility index (Phi) is 8.46. The molecular formula is C22H30N2O4. The molecule has 2 amide bonds. The molecule has 0 saturated carbocycles. The van der Waals surface area contributed by atoms with Crippen molar-refractivity contribution < 1.29 is 19.0 Å². The molecule has 2 N–H and O–H groups in total. The summed E-state index contributed by atoms with van der Waals surface area (Å²) in [5.74, 6) is 2.65. The second kappa shape index (κ2) is 11.1. The molecule has 2 aromatic carbocycles. The Morgan fingerprint density at radius 3 is 2.46 bits per heavy atom. The quantitative estimate of drug-likeness (QED) is 0.573. The number of benzene rings is 2. The van der Waals surface area contributed by atoms with Gasteiger partial charge in [0.2, 0.25) is 0 Å². The number of methoxy groups -OCH3 is 2. The number of carbonyl (C=O) groups excluding carboxylic acids is 1. The van der Waals surface area contributed by atoms with E-state index in [2.05, 4.69) is 24.5 Å². The normalized spacial score (nSPS) is 10.5. The summed E-state index contributed by atoms with van der Waals surface area (Å²) in [7, 11) is 3.21. The Morgan fingerprint density at radius 1 is 1.00 bits per heavy atom. The van der Waals surface area contributed by atoms with Crippen molar-refractivity contribution in [3.8, 4) is 17.2 Å². The van der Waals surface area contributed by atoms with Crippen LogP contribution in [-0.4, -0.2) is 26.9 Å². The molecule has 0 bridgehead atoms. The number of para-hydroxylation sites is 1. The fourth-order valence-electron chi connectivity index (χ4n) is 2.74. The van der Waals surface area contributed by atoms with Crippen molar-refractivity contribution in [2.75, 3.05) is 26.1 Å². The fraction of sp³-hybridized carbons (Fsp3) is 0.409. The first-order chi connectivity index (χ1) is 13.5. The number of rotatable bonds is 10. The zero-order chi connectivity index (χ0) is 20.4. The summed E-state index contributed by atoms with van der Waals surface area (Å²) in [6.07, 6.45) is 2.07. The van der Waals surface area contributed by atoms with Crippen LogP contribution >= 0.6 is 0 Å². The van der Waals surface area contributed by atoms with Gasteiger partial charge in [-0.15, -0.1) is 0 Å². The third-order valence-corrected chi connectivity index (χ3v) is 4.24. The summed E-state index contributed by atoms with van der Waals surface area (Å²) in [6, 6.07) is 12.6. The van der Waals surface area contributed by atoms with Gasteiger partial charge in [0, 0.05) is 23.9 Å². The summed E-state index contributed by atoms with van der Waals surface area (Å²) < 4.78 is 16.5. The largest absolute Gasteiger partial charge is 0.496 e. The van der Waals surface area contributed by atoms with Crippen molar-refractivity contribution >= 4 is 11.7 Å². The van der Waals surface area contributed by atoms with Gasteiger partial charge in [-0.05, 0) is 37.0 Å². The highest BCUT2D eigenvalue weighted by atomic mass is 16.5. The van der Waals surface area contributed by atoms with Crippen molar-refractivity contribution in [1.29, 1.82) is 0 Å². The molecule has 6 heteroatoms. The van der Waals surface area contributed by atoms with E-state index in [1.165, 1.54) is 0 Å². The number of hydrogen-bond donors (Lipinski definition) is 2. The second-order valence-electron chi connectivity index (χ2n) is 6.87. The smallest absolute Gasteiger partial charge is 0.319 e. The number of urea groups is 1. The van der Waals surface area contributed by atoms with Crippen LogP contribution in [0.25, 0.3) is 0 Å². The van der Waals surface area contributed by atoms with Gasteiger partial charge < -0.3 is 24.8 Å². The molecule has 0 unspecified atom stereocenters. The molecule has 0 aromatic heterocycles. The monoisotopic (exact) mass is 386 g/mol. The minimum Gasteiger partial charge on any atom is -0.496 e. The van der Waals surface area contributed by atoms with Crippen LogP contribution < -0.4 is 24.8 Å². The Balaban J connectivity index is 1.93. The van der Waals surface area contributed by atoms with Crippen LogP contribution in [0.1, 0.15) is 32.3 Å². The highest BCUT2D eigenvalue weighted by molar-refractivity contribution is 5.89. The zero-order valence-corrected chi connectivity index (χ0v) is 17.1. The highest BCUT2D eigenvalue weighted by Gasteiger charge is 2.09. The van der Waals surface area contributed by atoms with Crippen molar-refractivity contribution in [1.82, 2.24) is 5.32 Å². The average Bonchev–Trinajstić information content (AvgIpc) is 2.70. The van der Waals surface area contributed by atoms with Gasteiger partial charge in [-0.25, -0.2) is 4.79 Å². The molecule has 0 aliphatic carbocycles. The van der Waals surface area contributed by atoms with E-state index in [4.69, 9.17) is 14.2 Å². The average molecular weight is 386 g/mol. The van der Waals surface area contributed by atoms with E-state index >= 15 is 0 Å². The van der Waals surface area contributed by atoms with Crippen molar-refractivity contribution in [3.63, 3.8) is 0 Å². The summed E-state index contributed by atoms with van der Waals surface area (Å²) in [4.78, 5) is 12.3. The predicted molar refractivity (Wildman–Crippen MR) is 111 cm³/mol. The maximum absolute atomic E-state index is 12.3. The molecule has 0 aliphatic rings. The Hall–Kier alpha value is -2.89. The number of hydrogen-bond acceptors (Lipinski definition) is 4. The number of ether oxygens (including phenoxy) is 3. The first-order valence-electron chi connectivity index (χ1n) is 9.51. The van der Waals surface area contributed by atoms with E-state index in [1.54, 1.807) is 32.4 Å². The molecule has 0 heterocycles. The third kappa shape index (κ3) is 6.68. The van der Waals surface area contributed by atoms with Crippen LogP contribution in [0.5, 0.6) is 17.2 Å². The third-order valence-electron chi connectivity index (χ3n) is 4.24. The van der Waals surface area contributed by atoms with E-state index < -0.39 is 0 Å². The molecule has 0 radical (unpaired) electrons. The molecule has 6 nitrogen and oxygen atoms in total. The van der Waals surface area contributed by atoms with Gasteiger partial charge in [-0.1, -0.05) is 32.0 Å². The molecule has 152 valence electrons. The van der Waals surface area contributed by atoms with Gasteiger partial charge >= 0.3 is 6.03 Å². The number of amides is 2. The van der Waals surface area contributed by atoms with E-state index in [1.807, 2.05) is 24.3 Å². The summed E-state index contributed by atoms with van der Waals surface area (Å²) in [6.45, 7) is 5.35. The van der Waals surface area contributed by atoms with E-state index in [9.17, 15) is 4.79 Å². The van der Waals surface area contributed by atoms with Crippen molar-refractivity contribution in [3.05, 3.63) is 48.0 Å². The molecule has 0 fully saturated rings. The maximum Gasteiger partial charge on any atom is 0.319 e. The topological polar surface area (TPSA) is 68.8 Å².